The first kappa shape index (κ1) is 16.4. The molecule has 6 heteroatoms. The third kappa shape index (κ3) is 3.62. The molecule has 1 aromatic heterocycles. The van der Waals surface area contributed by atoms with Gasteiger partial charge in [-0.25, -0.2) is 0 Å². The van der Waals surface area contributed by atoms with E-state index < -0.39 is 0 Å². The zero-order valence-corrected chi connectivity index (χ0v) is 14.0. The van der Waals surface area contributed by atoms with Crippen LogP contribution in [0.4, 0.5) is 0 Å². The molecular weight excluding hydrogens is 342 g/mol. The van der Waals surface area contributed by atoms with E-state index >= 15 is 0 Å². The van der Waals surface area contributed by atoms with E-state index in [-0.39, 0.29) is 5.75 Å². The fourth-order valence-corrected chi connectivity index (χ4v) is 2.47. The number of benzene rings is 3. The molecule has 0 atom stereocenters. The first-order valence-electron chi connectivity index (χ1n) is 8.13. The maximum Gasteiger partial charge on any atom is 0.258 e. The van der Waals surface area contributed by atoms with Gasteiger partial charge in [-0.3, -0.25) is 0 Å². The van der Waals surface area contributed by atoms with Crippen molar-refractivity contribution in [1.29, 1.82) is 5.26 Å². The van der Waals surface area contributed by atoms with Crippen LogP contribution in [0.1, 0.15) is 5.56 Å². The smallest absolute Gasteiger partial charge is 0.258 e. The Morgan fingerprint density at radius 1 is 0.815 bits per heavy atom. The molecule has 6 nitrogen and oxygen atoms in total. The molecule has 0 amide bonds. The molecule has 0 unspecified atom stereocenters. The van der Waals surface area contributed by atoms with E-state index in [0.717, 1.165) is 11.1 Å². The molecule has 27 heavy (non-hydrogen) atoms. The monoisotopic (exact) mass is 355 g/mol. The van der Waals surface area contributed by atoms with E-state index in [1.54, 1.807) is 48.5 Å². The van der Waals surface area contributed by atoms with Crippen LogP contribution in [0, 0.1) is 11.3 Å². The summed E-state index contributed by atoms with van der Waals surface area (Å²) < 4.78 is 11.0. The third-order valence-electron chi connectivity index (χ3n) is 3.87. The van der Waals surface area contributed by atoms with Crippen molar-refractivity contribution in [3.05, 3.63) is 78.4 Å². The van der Waals surface area contributed by atoms with Gasteiger partial charge in [0, 0.05) is 11.1 Å². The van der Waals surface area contributed by atoms with Crippen molar-refractivity contribution in [1.82, 2.24) is 10.1 Å². The van der Waals surface area contributed by atoms with Gasteiger partial charge < -0.3 is 14.4 Å². The highest BCUT2D eigenvalue weighted by atomic mass is 16.5. The highest BCUT2D eigenvalue weighted by Gasteiger charge is 2.11. The van der Waals surface area contributed by atoms with Crippen molar-refractivity contribution in [2.24, 2.45) is 0 Å². The Morgan fingerprint density at radius 2 is 1.41 bits per heavy atom. The van der Waals surface area contributed by atoms with Crippen molar-refractivity contribution in [3.63, 3.8) is 0 Å². The Hall–Kier alpha value is -4.11. The number of nitrogens with zero attached hydrogens (tertiary/aromatic N) is 3. The number of nitriles is 1. The summed E-state index contributed by atoms with van der Waals surface area (Å²) in [6.45, 7) is 0. The van der Waals surface area contributed by atoms with E-state index in [1.807, 2.05) is 24.3 Å². The first-order chi connectivity index (χ1) is 13.2. The molecule has 0 saturated heterocycles. The van der Waals surface area contributed by atoms with Crippen LogP contribution >= 0.6 is 0 Å². The zero-order valence-electron chi connectivity index (χ0n) is 14.0. The van der Waals surface area contributed by atoms with Gasteiger partial charge in [-0.05, 0) is 72.8 Å². The number of hydrogen-bond acceptors (Lipinski definition) is 6. The molecule has 1 N–H and O–H groups in total. The lowest BCUT2D eigenvalue weighted by molar-refractivity contribution is 0.432. The average molecular weight is 355 g/mol. The standard InChI is InChI=1S/C21H13N3O3/c22-13-14-1-9-18(10-2-14)26-19-11-5-15(6-12-19)20-23-21(27-24-20)16-3-7-17(25)8-4-16/h1-12,25H. The van der Waals surface area contributed by atoms with Crippen molar-refractivity contribution in [2.45, 2.75) is 0 Å². The second kappa shape index (κ2) is 7.02. The van der Waals surface area contributed by atoms with E-state index in [2.05, 4.69) is 16.2 Å². The number of rotatable bonds is 4. The van der Waals surface area contributed by atoms with Crippen molar-refractivity contribution in [2.75, 3.05) is 0 Å². The number of aromatic hydroxyl groups is 1. The number of phenolic OH excluding ortho intramolecular Hbond substituents is 1. The fourth-order valence-electron chi connectivity index (χ4n) is 2.47. The highest BCUT2D eigenvalue weighted by Crippen LogP contribution is 2.27. The summed E-state index contributed by atoms with van der Waals surface area (Å²) in [7, 11) is 0. The summed E-state index contributed by atoms with van der Waals surface area (Å²) in [6.07, 6.45) is 0. The van der Waals surface area contributed by atoms with Crippen LogP contribution < -0.4 is 4.74 Å². The topological polar surface area (TPSA) is 92.2 Å². The number of aromatic nitrogens is 2. The predicted molar refractivity (Wildman–Crippen MR) is 98.1 cm³/mol. The molecule has 4 rings (SSSR count). The molecule has 0 spiro atoms. The van der Waals surface area contributed by atoms with Crippen molar-refractivity contribution in [3.8, 4) is 46.2 Å². The van der Waals surface area contributed by atoms with Crippen molar-refractivity contribution >= 4 is 0 Å². The maximum atomic E-state index is 9.35. The van der Waals surface area contributed by atoms with Crippen LogP contribution in [0.15, 0.2) is 77.3 Å². The minimum Gasteiger partial charge on any atom is -0.508 e. The van der Waals surface area contributed by atoms with Crippen LogP contribution in [-0.4, -0.2) is 15.2 Å². The molecule has 3 aromatic carbocycles. The predicted octanol–water partition coefficient (Wildman–Crippen LogP) is 4.77. The van der Waals surface area contributed by atoms with Gasteiger partial charge in [0.1, 0.15) is 17.2 Å². The minimum absolute atomic E-state index is 0.177. The SMILES string of the molecule is N#Cc1ccc(Oc2ccc(-c3noc(-c4ccc(O)cc4)n3)cc2)cc1. The van der Waals surface area contributed by atoms with Gasteiger partial charge in [0.2, 0.25) is 5.82 Å². The molecule has 0 fully saturated rings. The first-order valence-corrected chi connectivity index (χ1v) is 8.13. The minimum atomic E-state index is 0.177. The Morgan fingerprint density at radius 3 is 2.04 bits per heavy atom. The summed E-state index contributed by atoms with van der Waals surface area (Å²) in [5.74, 6) is 2.32. The lowest BCUT2D eigenvalue weighted by atomic mass is 10.2. The quantitative estimate of drug-likeness (QED) is 0.567. The van der Waals surface area contributed by atoms with E-state index in [9.17, 15) is 5.11 Å². The summed E-state index contributed by atoms with van der Waals surface area (Å²) >= 11 is 0. The van der Waals surface area contributed by atoms with E-state index in [1.165, 1.54) is 0 Å². The average Bonchev–Trinajstić information content (AvgIpc) is 3.20. The molecule has 0 radical (unpaired) electrons. The molecule has 0 saturated carbocycles. The second-order valence-electron chi connectivity index (χ2n) is 5.73. The van der Waals surface area contributed by atoms with Crippen LogP contribution in [-0.2, 0) is 0 Å². The van der Waals surface area contributed by atoms with Gasteiger partial charge in [0.15, 0.2) is 0 Å². The molecule has 1 heterocycles. The Balaban J connectivity index is 1.50. The fraction of sp³-hybridized carbons (Fsp3) is 0. The lowest BCUT2D eigenvalue weighted by Gasteiger charge is -2.05. The normalized spacial score (nSPS) is 10.3. The zero-order chi connectivity index (χ0) is 18.6. The van der Waals surface area contributed by atoms with Gasteiger partial charge >= 0.3 is 0 Å². The summed E-state index contributed by atoms with van der Waals surface area (Å²) in [6, 6.07) is 22.8. The van der Waals surface area contributed by atoms with Crippen LogP contribution in [0.2, 0.25) is 0 Å². The van der Waals surface area contributed by atoms with Gasteiger partial charge in [-0.1, -0.05) is 5.16 Å². The van der Waals surface area contributed by atoms with Gasteiger partial charge in [-0.15, -0.1) is 0 Å². The summed E-state index contributed by atoms with van der Waals surface area (Å²) in [5, 5.41) is 22.2. The Bertz CT molecular complexity index is 1090. The van der Waals surface area contributed by atoms with Crippen LogP contribution in [0.3, 0.4) is 0 Å². The molecule has 0 aliphatic carbocycles. The molecule has 0 bridgehead atoms. The van der Waals surface area contributed by atoms with Gasteiger partial charge in [0.05, 0.1) is 11.6 Å². The number of phenols is 1. The van der Waals surface area contributed by atoms with Crippen molar-refractivity contribution < 1.29 is 14.4 Å². The van der Waals surface area contributed by atoms with Gasteiger partial charge in [0.25, 0.3) is 5.89 Å². The molecule has 4 aromatic rings. The van der Waals surface area contributed by atoms with E-state index in [0.29, 0.717) is 28.8 Å². The summed E-state index contributed by atoms with van der Waals surface area (Å²) in [5.41, 5.74) is 2.10. The third-order valence-corrected chi connectivity index (χ3v) is 3.87. The second-order valence-corrected chi connectivity index (χ2v) is 5.73. The Labute approximate surface area is 154 Å². The number of hydrogen-bond donors (Lipinski definition) is 1. The molecular formula is C21H13N3O3. The largest absolute Gasteiger partial charge is 0.508 e. The molecule has 0 aliphatic rings. The van der Waals surface area contributed by atoms with E-state index in [4.69, 9.17) is 14.5 Å². The number of ether oxygens (including phenoxy) is 1. The molecule has 130 valence electrons. The van der Waals surface area contributed by atoms with Gasteiger partial charge in [-0.2, -0.15) is 10.2 Å². The Kier molecular flexibility index (Phi) is 4.25. The molecule has 0 aliphatic heterocycles. The van der Waals surface area contributed by atoms with Crippen LogP contribution in [0.25, 0.3) is 22.8 Å². The maximum absolute atomic E-state index is 9.35. The lowest BCUT2D eigenvalue weighted by Crippen LogP contribution is -1.86. The van der Waals surface area contributed by atoms with Crippen LogP contribution in [0.5, 0.6) is 17.2 Å². The summed E-state index contributed by atoms with van der Waals surface area (Å²) in [4.78, 5) is 4.38. The highest BCUT2D eigenvalue weighted by molar-refractivity contribution is 5.61.